The third kappa shape index (κ3) is 5.65. The van der Waals surface area contributed by atoms with E-state index in [0.717, 1.165) is 15.8 Å². The first-order valence-corrected chi connectivity index (χ1v) is 11.2. The number of hydrogen-bond acceptors (Lipinski definition) is 8. The maximum Gasteiger partial charge on any atom is 0.277 e. The van der Waals surface area contributed by atoms with Gasteiger partial charge in [-0.1, -0.05) is 83.2 Å². The Bertz CT molecular complexity index is 950. The number of nitrogens with one attached hydrogen (secondary N) is 1. The van der Waals surface area contributed by atoms with Crippen molar-refractivity contribution >= 4 is 57.5 Å². The van der Waals surface area contributed by atoms with Crippen molar-refractivity contribution in [2.75, 3.05) is 11.1 Å². The maximum absolute atomic E-state index is 12.5. The summed E-state index contributed by atoms with van der Waals surface area (Å²) in [5.41, 5.74) is 2.57. The van der Waals surface area contributed by atoms with Crippen LogP contribution >= 0.6 is 46.5 Å². The largest absolute Gasteiger partial charge is 0.295 e. The second-order valence-corrected chi connectivity index (χ2v) is 9.23. The van der Waals surface area contributed by atoms with Crippen LogP contribution in [0.1, 0.15) is 28.5 Å². The molecule has 27 heavy (non-hydrogen) atoms. The van der Waals surface area contributed by atoms with Crippen molar-refractivity contribution in [3.8, 4) is 0 Å². The monoisotopic (exact) mass is 437 g/mol. The molecule has 1 amide bonds. The Morgan fingerprint density at radius 1 is 1.30 bits per heavy atom. The van der Waals surface area contributed by atoms with Gasteiger partial charge in [0.2, 0.25) is 5.13 Å². The van der Waals surface area contributed by atoms with E-state index < -0.39 is 5.91 Å². The van der Waals surface area contributed by atoms with Gasteiger partial charge in [-0.2, -0.15) is 0 Å². The average Bonchev–Trinajstić information content (AvgIpc) is 3.09. The summed E-state index contributed by atoms with van der Waals surface area (Å²) < 4.78 is 0.780. The summed E-state index contributed by atoms with van der Waals surface area (Å²) in [5.74, 6) is 1.17. The van der Waals surface area contributed by atoms with E-state index in [1.165, 1.54) is 40.4 Å². The van der Waals surface area contributed by atoms with E-state index in [9.17, 15) is 4.79 Å². The molecule has 3 aromatic rings. The topological polar surface area (TPSA) is 80.7 Å². The molecule has 0 aliphatic rings. The molecule has 2 heterocycles. The van der Waals surface area contributed by atoms with Crippen molar-refractivity contribution in [3.05, 3.63) is 52.3 Å². The van der Waals surface area contributed by atoms with Crippen molar-refractivity contribution in [1.29, 1.82) is 0 Å². The van der Waals surface area contributed by atoms with Gasteiger partial charge < -0.3 is 0 Å². The van der Waals surface area contributed by atoms with Crippen LogP contribution in [-0.2, 0) is 5.75 Å². The molecule has 0 spiro atoms. The molecule has 0 aliphatic carbocycles. The van der Waals surface area contributed by atoms with Gasteiger partial charge in [-0.05, 0) is 18.2 Å². The third-order valence-corrected chi connectivity index (χ3v) is 6.35. The maximum atomic E-state index is 12.5. The molecule has 1 N–H and O–H groups in total. The van der Waals surface area contributed by atoms with Gasteiger partial charge in [-0.3, -0.25) is 10.1 Å². The van der Waals surface area contributed by atoms with Gasteiger partial charge in [0.15, 0.2) is 15.2 Å². The molecule has 0 bridgehead atoms. The first-order chi connectivity index (χ1) is 13.0. The lowest BCUT2D eigenvalue weighted by Crippen LogP contribution is -2.15. The fraction of sp³-hybridized carbons (Fsp3) is 0.235. The molecule has 0 fully saturated rings. The number of carbonyl (C=O) groups excluding carboxylic acids is 1. The lowest BCUT2D eigenvalue weighted by Gasteiger charge is -2.04. The zero-order valence-electron chi connectivity index (χ0n) is 14.6. The highest BCUT2D eigenvalue weighted by Crippen LogP contribution is 2.29. The number of nitrogens with zero attached hydrogens (tertiary/aromatic N) is 4. The van der Waals surface area contributed by atoms with Gasteiger partial charge in [0.1, 0.15) is 0 Å². The van der Waals surface area contributed by atoms with Crippen molar-refractivity contribution in [2.24, 2.45) is 0 Å². The van der Waals surface area contributed by atoms with Crippen LogP contribution in [0.4, 0.5) is 5.13 Å². The predicted octanol–water partition coefficient (Wildman–Crippen LogP) is 4.95. The number of benzene rings is 1. The van der Waals surface area contributed by atoms with Gasteiger partial charge in [-0.25, -0.2) is 9.97 Å². The molecule has 1 aromatic carbocycles. The molecule has 2 aromatic heterocycles. The minimum atomic E-state index is -0.424. The first kappa shape index (κ1) is 20.1. The standard InChI is InChI=1S/C17H16ClN5OS3/c1-3-25-15-19-8-12(18)13(20-15)14(24)21-16-22-23-17(27-16)26-9-11-6-4-5-10(2)7-11/h4-8H,3,9H2,1-2H3,(H,21,22,24). The van der Waals surface area contributed by atoms with Crippen LogP contribution in [0.5, 0.6) is 0 Å². The minimum absolute atomic E-state index is 0.131. The SMILES string of the molecule is CCSc1ncc(Cl)c(C(=O)Nc2nnc(SCc3cccc(C)c3)s2)n1. The zero-order valence-corrected chi connectivity index (χ0v) is 17.8. The Morgan fingerprint density at radius 3 is 2.93 bits per heavy atom. The highest BCUT2D eigenvalue weighted by atomic mass is 35.5. The number of hydrogen-bond donors (Lipinski definition) is 1. The van der Waals surface area contributed by atoms with Gasteiger partial charge >= 0.3 is 0 Å². The van der Waals surface area contributed by atoms with E-state index in [4.69, 9.17) is 11.6 Å². The van der Waals surface area contributed by atoms with Gasteiger partial charge in [0, 0.05) is 5.75 Å². The quantitative estimate of drug-likeness (QED) is 0.318. The van der Waals surface area contributed by atoms with Crippen LogP contribution in [0.25, 0.3) is 0 Å². The van der Waals surface area contributed by atoms with Crippen LogP contribution in [-0.4, -0.2) is 31.8 Å². The fourth-order valence-electron chi connectivity index (χ4n) is 2.13. The molecule has 10 heteroatoms. The Hall–Kier alpha value is -1.68. The Labute approximate surface area is 174 Å². The van der Waals surface area contributed by atoms with Crippen LogP contribution in [0.2, 0.25) is 5.02 Å². The normalized spacial score (nSPS) is 10.8. The Balaban J connectivity index is 1.63. The van der Waals surface area contributed by atoms with Crippen molar-refractivity contribution < 1.29 is 4.79 Å². The van der Waals surface area contributed by atoms with Gasteiger partial charge in [0.05, 0.1) is 11.2 Å². The number of rotatable bonds is 7. The highest BCUT2D eigenvalue weighted by molar-refractivity contribution is 8.00. The molecular formula is C17H16ClN5OS3. The Kier molecular flexibility index (Phi) is 7.06. The average molecular weight is 438 g/mol. The molecule has 0 saturated heterocycles. The highest BCUT2D eigenvalue weighted by Gasteiger charge is 2.16. The van der Waals surface area contributed by atoms with Crippen LogP contribution < -0.4 is 5.32 Å². The second-order valence-electron chi connectivity index (χ2n) is 5.39. The lowest BCUT2D eigenvalue weighted by molar-refractivity contribution is 0.102. The summed E-state index contributed by atoms with van der Waals surface area (Å²) in [6, 6.07) is 8.31. The zero-order chi connectivity index (χ0) is 19.2. The molecule has 0 saturated carbocycles. The molecule has 3 rings (SSSR count). The Morgan fingerprint density at radius 2 is 2.15 bits per heavy atom. The fourth-order valence-corrected chi connectivity index (χ4v) is 4.54. The summed E-state index contributed by atoms with van der Waals surface area (Å²) in [6.45, 7) is 4.05. The number of amides is 1. The lowest BCUT2D eigenvalue weighted by atomic mass is 10.2. The van der Waals surface area contributed by atoms with Crippen molar-refractivity contribution in [2.45, 2.75) is 29.1 Å². The number of anilines is 1. The molecular weight excluding hydrogens is 422 g/mol. The van der Waals surface area contributed by atoms with E-state index in [1.807, 2.05) is 13.0 Å². The first-order valence-electron chi connectivity index (χ1n) is 8.03. The smallest absolute Gasteiger partial charge is 0.277 e. The molecule has 0 atom stereocenters. The molecule has 0 unspecified atom stereocenters. The summed E-state index contributed by atoms with van der Waals surface area (Å²) in [4.78, 5) is 20.8. The van der Waals surface area contributed by atoms with E-state index in [2.05, 4.69) is 50.6 Å². The third-order valence-electron chi connectivity index (χ3n) is 3.28. The van der Waals surface area contributed by atoms with Crippen molar-refractivity contribution in [3.63, 3.8) is 0 Å². The van der Waals surface area contributed by atoms with Crippen LogP contribution in [0.3, 0.4) is 0 Å². The van der Waals surface area contributed by atoms with E-state index in [1.54, 1.807) is 11.8 Å². The number of carbonyl (C=O) groups is 1. The van der Waals surface area contributed by atoms with E-state index >= 15 is 0 Å². The summed E-state index contributed by atoms with van der Waals surface area (Å²) in [7, 11) is 0. The number of aromatic nitrogens is 4. The number of halogens is 1. The van der Waals surface area contributed by atoms with E-state index in [0.29, 0.717) is 10.3 Å². The molecule has 6 nitrogen and oxygen atoms in total. The van der Waals surface area contributed by atoms with Crippen LogP contribution in [0, 0.1) is 6.92 Å². The summed E-state index contributed by atoms with van der Waals surface area (Å²) >= 11 is 10.4. The van der Waals surface area contributed by atoms with E-state index in [-0.39, 0.29) is 10.7 Å². The van der Waals surface area contributed by atoms with Gasteiger partial charge in [0.25, 0.3) is 5.91 Å². The van der Waals surface area contributed by atoms with Gasteiger partial charge in [-0.15, -0.1) is 10.2 Å². The summed E-state index contributed by atoms with van der Waals surface area (Å²) in [5, 5.41) is 12.0. The molecule has 140 valence electrons. The predicted molar refractivity (Wildman–Crippen MR) is 112 cm³/mol. The van der Waals surface area contributed by atoms with Crippen molar-refractivity contribution in [1.82, 2.24) is 20.2 Å². The second kappa shape index (κ2) is 9.50. The minimum Gasteiger partial charge on any atom is -0.295 e. The van der Waals surface area contributed by atoms with Crippen LogP contribution in [0.15, 0.2) is 40.0 Å². The number of thioether (sulfide) groups is 2. The summed E-state index contributed by atoms with van der Waals surface area (Å²) in [6.07, 6.45) is 1.44. The molecule has 0 radical (unpaired) electrons. The number of aryl methyl sites for hydroxylation is 1. The molecule has 0 aliphatic heterocycles.